The maximum absolute atomic E-state index is 12.3. The van der Waals surface area contributed by atoms with Gasteiger partial charge in [-0.25, -0.2) is 0 Å². The lowest BCUT2D eigenvalue weighted by Gasteiger charge is -2.38. The van der Waals surface area contributed by atoms with Crippen molar-refractivity contribution in [2.45, 2.75) is 84.1 Å². The quantitative estimate of drug-likeness (QED) is 0.655. The minimum absolute atomic E-state index is 0.288. The molecule has 1 fully saturated rings. The summed E-state index contributed by atoms with van der Waals surface area (Å²) < 4.78 is 0. The normalized spacial score (nSPS) is 23.1. The SMILES string of the molecule is CCCCCCCCCC(=O)N1CCC(C)CC1CN. The van der Waals surface area contributed by atoms with Gasteiger partial charge in [-0.05, 0) is 25.2 Å². The van der Waals surface area contributed by atoms with Crippen LogP contribution in [0.15, 0.2) is 0 Å². The highest BCUT2D eigenvalue weighted by Crippen LogP contribution is 2.23. The lowest BCUT2D eigenvalue weighted by atomic mass is 9.92. The standard InChI is InChI=1S/C17H34N2O/c1-3-4-5-6-7-8-9-10-17(20)19-12-11-15(2)13-16(19)14-18/h15-16H,3-14,18H2,1-2H3. The average Bonchev–Trinajstić information content (AvgIpc) is 2.45. The molecule has 20 heavy (non-hydrogen) atoms. The van der Waals surface area contributed by atoms with E-state index in [1.165, 1.54) is 38.5 Å². The van der Waals surface area contributed by atoms with E-state index in [0.717, 1.165) is 32.2 Å². The number of piperidine rings is 1. The molecule has 3 nitrogen and oxygen atoms in total. The predicted octanol–water partition coefficient (Wildman–Crippen LogP) is 3.71. The molecule has 0 radical (unpaired) electrons. The number of nitrogens with zero attached hydrogens (tertiary/aromatic N) is 1. The third-order valence-electron chi connectivity index (χ3n) is 4.56. The highest BCUT2D eigenvalue weighted by atomic mass is 16.2. The Balaban J connectivity index is 2.15. The van der Waals surface area contributed by atoms with E-state index >= 15 is 0 Å². The van der Waals surface area contributed by atoms with Crippen LogP contribution in [0.2, 0.25) is 0 Å². The predicted molar refractivity (Wildman–Crippen MR) is 85.6 cm³/mol. The Morgan fingerprint density at radius 1 is 1.15 bits per heavy atom. The first kappa shape index (κ1) is 17.5. The molecule has 0 bridgehead atoms. The first-order valence-electron chi connectivity index (χ1n) is 8.68. The lowest BCUT2D eigenvalue weighted by Crippen LogP contribution is -2.49. The minimum atomic E-state index is 0.288. The average molecular weight is 282 g/mol. The fraction of sp³-hybridized carbons (Fsp3) is 0.941. The van der Waals surface area contributed by atoms with Gasteiger partial charge in [0.15, 0.2) is 0 Å². The summed E-state index contributed by atoms with van der Waals surface area (Å²) in [5, 5.41) is 0. The summed E-state index contributed by atoms with van der Waals surface area (Å²) >= 11 is 0. The Hall–Kier alpha value is -0.570. The third kappa shape index (κ3) is 6.25. The molecule has 118 valence electrons. The second kappa shape index (κ2) is 10.2. The van der Waals surface area contributed by atoms with E-state index in [9.17, 15) is 4.79 Å². The van der Waals surface area contributed by atoms with Gasteiger partial charge in [0.1, 0.15) is 0 Å². The van der Waals surface area contributed by atoms with E-state index in [-0.39, 0.29) is 6.04 Å². The molecule has 0 spiro atoms. The minimum Gasteiger partial charge on any atom is -0.338 e. The third-order valence-corrected chi connectivity index (χ3v) is 4.56. The second-order valence-electron chi connectivity index (χ2n) is 6.48. The Kier molecular flexibility index (Phi) is 8.92. The molecular weight excluding hydrogens is 248 g/mol. The zero-order chi connectivity index (χ0) is 14.8. The van der Waals surface area contributed by atoms with Crippen LogP contribution in [-0.2, 0) is 4.79 Å². The fourth-order valence-electron chi connectivity index (χ4n) is 3.18. The molecule has 2 unspecified atom stereocenters. The molecule has 0 aromatic rings. The monoisotopic (exact) mass is 282 g/mol. The zero-order valence-electron chi connectivity index (χ0n) is 13.6. The number of nitrogens with two attached hydrogens (primary N) is 1. The van der Waals surface area contributed by atoms with E-state index in [1.807, 2.05) is 0 Å². The fourth-order valence-corrected chi connectivity index (χ4v) is 3.18. The molecule has 0 aliphatic carbocycles. The second-order valence-corrected chi connectivity index (χ2v) is 6.48. The largest absolute Gasteiger partial charge is 0.338 e. The van der Waals surface area contributed by atoms with E-state index < -0.39 is 0 Å². The maximum atomic E-state index is 12.3. The number of hydrogen-bond acceptors (Lipinski definition) is 2. The molecule has 1 aliphatic rings. The molecule has 2 N–H and O–H groups in total. The van der Waals surface area contributed by atoms with Gasteiger partial charge in [-0.3, -0.25) is 4.79 Å². The molecular formula is C17H34N2O. The highest BCUT2D eigenvalue weighted by molar-refractivity contribution is 5.76. The summed E-state index contributed by atoms with van der Waals surface area (Å²) in [6.07, 6.45) is 11.8. The van der Waals surface area contributed by atoms with Crippen LogP contribution in [0.1, 0.15) is 78.1 Å². The summed E-state index contributed by atoms with van der Waals surface area (Å²) in [7, 11) is 0. The van der Waals surface area contributed by atoms with Gasteiger partial charge in [-0.1, -0.05) is 52.4 Å². The van der Waals surface area contributed by atoms with Crippen molar-refractivity contribution < 1.29 is 4.79 Å². The lowest BCUT2D eigenvalue weighted by molar-refractivity contribution is -0.135. The number of carbonyl (C=O) groups excluding carboxylic acids is 1. The van der Waals surface area contributed by atoms with Crippen LogP contribution in [-0.4, -0.2) is 29.9 Å². The van der Waals surface area contributed by atoms with Crippen molar-refractivity contribution >= 4 is 5.91 Å². The smallest absolute Gasteiger partial charge is 0.222 e. The van der Waals surface area contributed by atoms with Crippen LogP contribution in [0.25, 0.3) is 0 Å². The Labute approximate surface area is 125 Å². The van der Waals surface area contributed by atoms with E-state index in [2.05, 4.69) is 18.7 Å². The van der Waals surface area contributed by atoms with Crippen LogP contribution in [0.4, 0.5) is 0 Å². The van der Waals surface area contributed by atoms with Crippen LogP contribution < -0.4 is 5.73 Å². The van der Waals surface area contributed by atoms with Crippen molar-refractivity contribution in [3.05, 3.63) is 0 Å². The zero-order valence-corrected chi connectivity index (χ0v) is 13.6. The first-order valence-corrected chi connectivity index (χ1v) is 8.68. The molecule has 3 heteroatoms. The van der Waals surface area contributed by atoms with Crippen LogP contribution in [0.3, 0.4) is 0 Å². The number of rotatable bonds is 9. The molecule has 1 aliphatic heterocycles. The Morgan fingerprint density at radius 3 is 2.45 bits per heavy atom. The molecule has 1 amide bonds. The number of unbranched alkanes of at least 4 members (excludes halogenated alkanes) is 6. The molecule has 2 atom stereocenters. The van der Waals surface area contributed by atoms with E-state index in [4.69, 9.17) is 5.73 Å². The van der Waals surface area contributed by atoms with Gasteiger partial charge < -0.3 is 10.6 Å². The van der Waals surface area contributed by atoms with E-state index in [1.54, 1.807) is 0 Å². The molecule has 0 aromatic carbocycles. The molecule has 1 heterocycles. The van der Waals surface area contributed by atoms with E-state index in [0.29, 0.717) is 18.4 Å². The van der Waals surface area contributed by atoms with Crippen molar-refractivity contribution in [1.82, 2.24) is 4.90 Å². The van der Waals surface area contributed by atoms with Crippen molar-refractivity contribution in [2.75, 3.05) is 13.1 Å². The van der Waals surface area contributed by atoms with Gasteiger partial charge in [0.2, 0.25) is 5.91 Å². The van der Waals surface area contributed by atoms with Gasteiger partial charge in [-0.15, -0.1) is 0 Å². The highest BCUT2D eigenvalue weighted by Gasteiger charge is 2.28. The molecule has 1 rings (SSSR count). The van der Waals surface area contributed by atoms with Crippen molar-refractivity contribution in [1.29, 1.82) is 0 Å². The maximum Gasteiger partial charge on any atom is 0.222 e. The number of hydrogen-bond donors (Lipinski definition) is 1. The van der Waals surface area contributed by atoms with Crippen molar-refractivity contribution in [3.63, 3.8) is 0 Å². The van der Waals surface area contributed by atoms with Gasteiger partial charge in [-0.2, -0.15) is 0 Å². The van der Waals surface area contributed by atoms with Gasteiger partial charge in [0.05, 0.1) is 0 Å². The topological polar surface area (TPSA) is 46.3 Å². The molecule has 0 aromatic heterocycles. The van der Waals surface area contributed by atoms with Crippen molar-refractivity contribution in [3.8, 4) is 0 Å². The number of carbonyl (C=O) groups is 1. The first-order chi connectivity index (χ1) is 9.69. The van der Waals surface area contributed by atoms with Gasteiger partial charge >= 0.3 is 0 Å². The summed E-state index contributed by atoms with van der Waals surface area (Å²) in [5.41, 5.74) is 5.82. The summed E-state index contributed by atoms with van der Waals surface area (Å²) in [4.78, 5) is 14.3. The van der Waals surface area contributed by atoms with Crippen LogP contribution in [0, 0.1) is 5.92 Å². The van der Waals surface area contributed by atoms with Crippen LogP contribution in [0.5, 0.6) is 0 Å². The number of likely N-dealkylation sites (tertiary alicyclic amines) is 1. The Bertz CT molecular complexity index is 268. The molecule has 0 saturated carbocycles. The van der Waals surface area contributed by atoms with Crippen molar-refractivity contribution in [2.24, 2.45) is 11.7 Å². The molecule has 1 saturated heterocycles. The van der Waals surface area contributed by atoms with Gasteiger partial charge in [0, 0.05) is 25.6 Å². The number of amides is 1. The Morgan fingerprint density at radius 2 is 1.80 bits per heavy atom. The summed E-state index contributed by atoms with van der Waals surface area (Å²) in [5.74, 6) is 1.05. The van der Waals surface area contributed by atoms with Crippen LogP contribution >= 0.6 is 0 Å². The summed E-state index contributed by atoms with van der Waals surface area (Å²) in [6, 6.07) is 0.288. The summed E-state index contributed by atoms with van der Waals surface area (Å²) in [6.45, 7) is 6.04. The van der Waals surface area contributed by atoms with Gasteiger partial charge in [0.25, 0.3) is 0 Å².